The van der Waals surface area contributed by atoms with Gasteiger partial charge in [0.1, 0.15) is 0 Å². The van der Waals surface area contributed by atoms with E-state index in [1.807, 2.05) is 23.1 Å². The zero-order chi connectivity index (χ0) is 19.3. The van der Waals surface area contributed by atoms with Crippen LogP contribution in [-0.4, -0.2) is 35.7 Å². The molecule has 144 valence electrons. The average Bonchev–Trinajstić information content (AvgIpc) is 3.41. The summed E-state index contributed by atoms with van der Waals surface area (Å²) < 4.78 is 0. The van der Waals surface area contributed by atoms with Gasteiger partial charge in [0.05, 0.1) is 17.5 Å². The Kier molecular flexibility index (Phi) is 4.18. The summed E-state index contributed by atoms with van der Waals surface area (Å²) in [6.45, 7) is 1.64. The van der Waals surface area contributed by atoms with Gasteiger partial charge in [0.15, 0.2) is 0 Å². The molecule has 2 aliphatic carbocycles. The number of fused-ring (bicyclic) bond motifs is 5. The maximum Gasteiger partial charge on any atom is 0.246 e. The number of nitrogens with zero attached hydrogens (tertiary/aromatic N) is 2. The van der Waals surface area contributed by atoms with E-state index < -0.39 is 0 Å². The second-order valence-corrected chi connectivity index (χ2v) is 8.33. The summed E-state index contributed by atoms with van der Waals surface area (Å²) in [6.07, 6.45) is 11.8. The van der Waals surface area contributed by atoms with Gasteiger partial charge in [-0.2, -0.15) is 0 Å². The van der Waals surface area contributed by atoms with Crippen molar-refractivity contribution in [3.63, 3.8) is 0 Å². The van der Waals surface area contributed by atoms with Gasteiger partial charge in [-0.25, -0.2) is 4.90 Å². The van der Waals surface area contributed by atoms with Gasteiger partial charge in [-0.1, -0.05) is 24.3 Å². The van der Waals surface area contributed by atoms with Crippen LogP contribution < -0.4 is 4.90 Å². The quantitative estimate of drug-likeness (QED) is 0.463. The SMILES string of the molecule is O=C(/C=C/c1cccc(N2C(=O)[C@@H]3[C@@H](C2=O)[C@@H]2C=C[C@@H]3C2)c1)N1CCCCC1. The molecular formula is C23H24N2O3. The van der Waals surface area contributed by atoms with E-state index in [1.54, 1.807) is 18.2 Å². The van der Waals surface area contributed by atoms with Crippen LogP contribution >= 0.6 is 0 Å². The topological polar surface area (TPSA) is 57.7 Å². The second-order valence-electron chi connectivity index (χ2n) is 8.33. The van der Waals surface area contributed by atoms with Crippen LogP contribution in [0.3, 0.4) is 0 Å². The third-order valence-corrected chi connectivity index (χ3v) is 6.68. The van der Waals surface area contributed by atoms with Crippen molar-refractivity contribution in [1.82, 2.24) is 4.90 Å². The number of piperidine rings is 1. The van der Waals surface area contributed by atoms with Crippen LogP contribution in [0, 0.1) is 23.7 Å². The molecule has 3 fully saturated rings. The van der Waals surface area contributed by atoms with Crippen molar-refractivity contribution >= 4 is 29.5 Å². The molecule has 2 bridgehead atoms. The summed E-state index contributed by atoms with van der Waals surface area (Å²) in [4.78, 5) is 41.5. The van der Waals surface area contributed by atoms with Crippen LogP contribution in [0.15, 0.2) is 42.5 Å². The van der Waals surface area contributed by atoms with Crippen LogP contribution in [-0.2, 0) is 14.4 Å². The van der Waals surface area contributed by atoms with Gasteiger partial charge >= 0.3 is 0 Å². The number of benzene rings is 1. The highest BCUT2D eigenvalue weighted by Gasteiger charge is 2.59. The molecule has 2 heterocycles. The monoisotopic (exact) mass is 376 g/mol. The second kappa shape index (κ2) is 6.73. The standard InChI is InChI=1S/C23H24N2O3/c26-19(24-11-2-1-3-12-24)10-7-15-5-4-6-18(13-15)25-22(27)20-16-8-9-17(14-16)21(20)23(25)28/h4-10,13,16-17,20-21H,1-3,11-12,14H2/b10-7+/t16-,17-,20+,21+/m1/s1. The van der Waals surface area contributed by atoms with Crippen LogP contribution in [0.4, 0.5) is 5.69 Å². The summed E-state index contributed by atoms with van der Waals surface area (Å²) in [5, 5.41) is 0. The number of carbonyl (C=O) groups is 3. The fourth-order valence-corrected chi connectivity index (χ4v) is 5.31. The predicted molar refractivity (Wildman–Crippen MR) is 106 cm³/mol. The molecule has 1 aromatic carbocycles. The van der Waals surface area contributed by atoms with Crippen molar-refractivity contribution < 1.29 is 14.4 Å². The van der Waals surface area contributed by atoms with Crippen molar-refractivity contribution in [3.05, 3.63) is 48.1 Å². The first-order valence-electron chi connectivity index (χ1n) is 10.3. The van der Waals surface area contributed by atoms with Gasteiger partial charge in [0.2, 0.25) is 17.7 Å². The summed E-state index contributed by atoms with van der Waals surface area (Å²) >= 11 is 0. The van der Waals surface area contributed by atoms with Crippen molar-refractivity contribution in [2.75, 3.05) is 18.0 Å². The van der Waals surface area contributed by atoms with Crippen molar-refractivity contribution in [3.8, 4) is 0 Å². The molecule has 4 atom stereocenters. The number of allylic oxidation sites excluding steroid dienone is 2. The van der Waals surface area contributed by atoms with E-state index in [9.17, 15) is 14.4 Å². The number of rotatable bonds is 3. The van der Waals surface area contributed by atoms with Gasteiger partial charge in [-0.15, -0.1) is 0 Å². The van der Waals surface area contributed by atoms with Crippen molar-refractivity contribution in [2.45, 2.75) is 25.7 Å². The number of amides is 3. The van der Waals surface area contributed by atoms with Gasteiger partial charge in [-0.05, 0) is 61.3 Å². The number of imide groups is 1. The maximum absolute atomic E-state index is 13.0. The fraction of sp³-hybridized carbons (Fsp3) is 0.435. The molecule has 2 aliphatic heterocycles. The van der Waals surface area contributed by atoms with E-state index in [0.29, 0.717) is 5.69 Å². The molecule has 1 saturated carbocycles. The summed E-state index contributed by atoms with van der Waals surface area (Å²) in [6, 6.07) is 7.35. The van der Waals surface area contributed by atoms with E-state index >= 15 is 0 Å². The lowest BCUT2D eigenvalue weighted by molar-refractivity contribution is -0.127. The summed E-state index contributed by atoms with van der Waals surface area (Å²) in [5.74, 6) is -0.0847. The Morgan fingerprint density at radius 2 is 1.64 bits per heavy atom. The number of hydrogen-bond donors (Lipinski definition) is 0. The van der Waals surface area contributed by atoms with E-state index in [2.05, 4.69) is 12.2 Å². The number of anilines is 1. The Balaban J connectivity index is 1.35. The average molecular weight is 376 g/mol. The Bertz CT molecular complexity index is 867. The van der Waals surface area contributed by atoms with Gasteiger partial charge in [0, 0.05) is 19.2 Å². The maximum atomic E-state index is 13.0. The molecule has 3 amide bonds. The molecule has 0 aromatic heterocycles. The summed E-state index contributed by atoms with van der Waals surface area (Å²) in [7, 11) is 0. The van der Waals surface area contributed by atoms with Gasteiger partial charge in [0.25, 0.3) is 0 Å². The predicted octanol–water partition coefficient (Wildman–Crippen LogP) is 3.02. The van der Waals surface area contributed by atoms with Crippen LogP contribution in [0.1, 0.15) is 31.2 Å². The zero-order valence-corrected chi connectivity index (χ0v) is 15.8. The van der Waals surface area contributed by atoms with Crippen molar-refractivity contribution in [2.24, 2.45) is 23.7 Å². The third kappa shape index (κ3) is 2.72. The Hall–Kier alpha value is -2.69. The van der Waals surface area contributed by atoms with Gasteiger partial charge < -0.3 is 4.90 Å². The normalized spacial score (nSPS) is 31.3. The molecule has 0 N–H and O–H groups in total. The lowest BCUT2D eigenvalue weighted by Gasteiger charge is -2.25. The molecule has 5 rings (SSSR count). The van der Waals surface area contributed by atoms with Crippen LogP contribution in [0.25, 0.3) is 6.08 Å². The molecule has 28 heavy (non-hydrogen) atoms. The number of hydrogen-bond acceptors (Lipinski definition) is 3. The van der Waals surface area contributed by atoms with Crippen LogP contribution in [0.5, 0.6) is 0 Å². The fourth-order valence-electron chi connectivity index (χ4n) is 5.31. The highest BCUT2D eigenvalue weighted by atomic mass is 16.2. The smallest absolute Gasteiger partial charge is 0.246 e. The molecule has 5 heteroatoms. The first-order chi connectivity index (χ1) is 13.6. The third-order valence-electron chi connectivity index (χ3n) is 6.68. The molecule has 2 saturated heterocycles. The zero-order valence-electron chi connectivity index (χ0n) is 15.8. The van der Waals surface area contributed by atoms with Gasteiger partial charge in [-0.3, -0.25) is 14.4 Å². The van der Waals surface area contributed by atoms with Crippen molar-refractivity contribution in [1.29, 1.82) is 0 Å². The Morgan fingerprint density at radius 1 is 0.964 bits per heavy atom. The minimum absolute atomic E-state index is 0.0237. The minimum Gasteiger partial charge on any atom is -0.339 e. The lowest BCUT2D eigenvalue weighted by Crippen LogP contribution is -2.34. The van der Waals surface area contributed by atoms with E-state index in [1.165, 1.54) is 11.3 Å². The number of likely N-dealkylation sites (tertiary alicyclic amines) is 1. The molecule has 4 aliphatic rings. The molecule has 5 nitrogen and oxygen atoms in total. The lowest BCUT2D eigenvalue weighted by atomic mass is 9.85. The van der Waals surface area contributed by atoms with E-state index in [-0.39, 0.29) is 41.4 Å². The van der Waals surface area contributed by atoms with Crippen LogP contribution in [0.2, 0.25) is 0 Å². The first-order valence-corrected chi connectivity index (χ1v) is 10.3. The molecular weight excluding hydrogens is 352 g/mol. The largest absolute Gasteiger partial charge is 0.339 e. The van der Waals surface area contributed by atoms with E-state index in [0.717, 1.165) is 37.9 Å². The highest BCUT2D eigenvalue weighted by Crippen LogP contribution is 2.53. The highest BCUT2D eigenvalue weighted by molar-refractivity contribution is 6.22. The summed E-state index contributed by atoms with van der Waals surface area (Å²) in [5.41, 5.74) is 1.43. The number of carbonyl (C=O) groups excluding carboxylic acids is 3. The molecule has 0 spiro atoms. The molecule has 1 aromatic rings. The first kappa shape index (κ1) is 17.4. The molecule has 0 unspecified atom stereocenters. The van der Waals surface area contributed by atoms with E-state index in [4.69, 9.17) is 0 Å². The molecule has 0 radical (unpaired) electrons. The Labute approximate surface area is 164 Å². The Morgan fingerprint density at radius 3 is 2.32 bits per heavy atom. The minimum atomic E-state index is -0.192.